The number of aliphatic carboxylic acids is 1. The number of nitrogens with zero attached hydrogens (tertiary/aromatic N) is 1. The SMILES string of the molecule is CC1(C)CCC(C)(C)c2cc(COc3ccc(CCC(=O)O)cc3)ccc21.Cn1cccc1. The van der Waals surface area contributed by atoms with Crippen molar-refractivity contribution in [1.82, 2.24) is 4.57 Å². The molecular weight excluding hydrogens is 410 g/mol. The fourth-order valence-electron chi connectivity index (χ4n) is 4.32. The Labute approximate surface area is 198 Å². The van der Waals surface area contributed by atoms with Gasteiger partial charge in [0.05, 0.1) is 0 Å². The minimum atomic E-state index is -0.770. The van der Waals surface area contributed by atoms with E-state index in [-0.39, 0.29) is 17.3 Å². The molecule has 0 fully saturated rings. The van der Waals surface area contributed by atoms with Crippen LogP contribution in [0.25, 0.3) is 0 Å². The van der Waals surface area contributed by atoms with Crippen molar-refractivity contribution in [2.24, 2.45) is 7.05 Å². The Morgan fingerprint density at radius 3 is 2.03 bits per heavy atom. The van der Waals surface area contributed by atoms with E-state index in [2.05, 4.69) is 45.9 Å². The van der Waals surface area contributed by atoms with Crippen molar-refractivity contribution in [2.75, 3.05) is 0 Å². The van der Waals surface area contributed by atoms with Gasteiger partial charge in [-0.2, -0.15) is 0 Å². The summed E-state index contributed by atoms with van der Waals surface area (Å²) in [6, 6.07) is 18.5. The number of carboxylic acid groups (broad SMARTS) is 1. The first-order valence-corrected chi connectivity index (χ1v) is 11.7. The molecule has 2 aromatic carbocycles. The molecule has 0 atom stereocenters. The minimum Gasteiger partial charge on any atom is -0.489 e. The van der Waals surface area contributed by atoms with Crippen LogP contribution in [-0.4, -0.2) is 15.6 Å². The van der Waals surface area contributed by atoms with Crippen LogP contribution in [0.15, 0.2) is 67.0 Å². The van der Waals surface area contributed by atoms with Crippen LogP contribution in [0.2, 0.25) is 0 Å². The lowest BCUT2D eigenvalue weighted by Gasteiger charge is -2.42. The molecule has 0 unspecified atom stereocenters. The zero-order valence-corrected chi connectivity index (χ0v) is 20.6. The van der Waals surface area contributed by atoms with Crippen LogP contribution in [0.4, 0.5) is 0 Å². The molecule has 0 saturated carbocycles. The number of fused-ring (bicyclic) bond motifs is 1. The molecule has 4 nitrogen and oxygen atoms in total. The first-order chi connectivity index (χ1) is 15.6. The van der Waals surface area contributed by atoms with E-state index in [1.807, 2.05) is 60.4 Å². The molecular formula is C29H37NO3. The molecule has 1 N–H and O–H groups in total. The number of rotatable bonds is 6. The molecule has 1 aliphatic carbocycles. The van der Waals surface area contributed by atoms with Crippen molar-refractivity contribution < 1.29 is 14.6 Å². The number of hydrogen-bond acceptors (Lipinski definition) is 2. The summed E-state index contributed by atoms with van der Waals surface area (Å²) in [5, 5.41) is 8.77. The fourth-order valence-corrected chi connectivity index (χ4v) is 4.32. The summed E-state index contributed by atoms with van der Waals surface area (Å²) < 4.78 is 7.97. The van der Waals surface area contributed by atoms with Gasteiger partial charge in [-0.1, -0.05) is 58.0 Å². The van der Waals surface area contributed by atoms with Crippen molar-refractivity contribution in [2.45, 2.75) is 70.8 Å². The number of carboxylic acids is 1. The van der Waals surface area contributed by atoms with Gasteiger partial charge in [0.1, 0.15) is 12.4 Å². The highest BCUT2D eigenvalue weighted by Crippen LogP contribution is 2.45. The van der Waals surface area contributed by atoms with Gasteiger partial charge < -0.3 is 14.4 Å². The second-order valence-electron chi connectivity index (χ2n) is 10.3. The number of aryl methyl sites for hydroxylation is 2. The normalized spacial score (nSPS) is 15.7. The number of carbonyl (C=O) groups is 1. The van der Waals surface area contributed by atoms with Crippen LogP contribution in [0, 0.1) is 0 Å². The van der Waals surface area contributed by atoms with Gasteiger partial charge in [0.25, 0.3) is 0 Å². The number of benzene rings is 2. The second kappa shape index (κ2) is 10.3. The van der Waals surface area contributed by atoms with Crippen LogP contribution < -0.4 is 4.74 Å². The maximum atomic E-state index is 10.7. The lowest BCUT2D eigenvalue weighted by atomic mass is 9.63. The van der Waals surface area contributed by atoms with Crippen LogP contribution in [0.3, 0.4) is 0 Å². The highest BCUT2D eigenvalue weighted by molar-refractivity contribution is 5.67. The van der Waals surface area contributed by atoms with E-state index < -0.39 is 5.97 Å². The first-order valence-electron chi connectivity index (χ1n) is 11.7. The molecule has 3 aromatic rings. The molecule has 0 amide bonds. The van der Waals surface area contributed by atoms with E-state index >= 15 is 0 Å². The molecule has 33 heavy (non-hydrogen) atoms. The smallest absolute Gasteiger partial charge is 0.303 e. The van der Waals surface area contributed by atoms with Crippen molar-refractivity contribution in [1.29, 1.82) is 0 Å². The molecule has 0 bridgehead atoms. The highest BCUT2D eigenvalue weighted by atomic mass is 16.5. The average molecular weight is 448 g/mol. The lowest BCUT2D eigenvalue weighted by Crippen LogP contribution is -2.33. The van der Waals surface area contributed by atoms with Gasteiger partial charge in [0.15, 0.2) is 0 Å². The van der Waals surface area contributed by atoms with E-state index in [0.717, 1.165) is 11.3 Å². The van der Waals surface area contributed by atoms with E-state index in [0.29, 0.717) is 13.0 Å². The number of ether oxygens (including phenoxy) is 1. The lowest BCUT2D eigenvalue weighted by molar-refractivity contribution is -0.136. The first kappa shape index (κ1) is 24.6. The Hall–Kier alpha value is -3.01. The highest BCUT2D eigenvalue weighted by Gasteiger charge is 2.36. The number of aromatic nitrogens is 1. The van der Waals surface area contributed by atoms with E-state index in [1.54, 1.807) is 0 Å². The molecule has 0 saturated heterocycles. The summed E-state index contributed by atoms with van der Waals surface area (Å²) in [7, 11) is 2.00. The predicted molar refractivity (Wildman–Crippen MR) is 134 cm³/mol. The summed E-state index contributed by atoms with van der Waals surface area (Å²) in [5.74, 6) is 0.0419. The molecule has 1 aliphatic rings. The van der Waals surface area contributed by atoms with Gasteiger partial charge in [0.2, 0.25) is 0 Å². The Balaban J connectivity index is 0.000000442. The monoisotopic (exact) mass is 447 g/mol. The Kier molecular flexibility index (Phi) is 7.68. The van der Waals surface area contributed by atoms with E-state index in [9.17, 15) is 4.79 Å². The van der Waals surface area contributed by atoms with Gasteiger partial charge in [-0.25, -0.2) is 0 Å². The Morgan fingerprint density at radius 1 is 0.909 bits per heavy atom. The molecule has 0 spiro atoms. The molecule has 1 heterocycles. The minimum absolute atomic E-state index is 0.154. The van der Waals surface area contributed by atoms with Crippen molar-refractivity contribution in [3.05, 3.63) is 89.2 Å². The van der Waals surface area contributed by atoms with Gasteiger partial charge in [-0.15, -0.1) is 0 Å². The fraction of sp³-hybridized carbons (Fsp3) is 0.414. The predicted octanol–water partition coefficient (Wildman–Crippen LogP) is 6.66. The molecule has 0 aliphatic heterocycles. The number of hydrogen-bond donors (Lipinski definition) is 1. The maximum absolute atomic E-state index is 10.7. The Morgan fingerprint density at radius 2 is 1.48 bits per heavy atom. The van der Waals surface area contributed by atoms with Crippen LogP contribution in [0.1, 0.15) is 69.2 Å². The third kappa shape index (κ3) is 6.74. The van der Waals surface area contributed by atoms with Crippen molar-refractivity contribution >= 4 is 5.97 Å². The largest absolute Gasteiger partial charge is 0.489 e. The van der Waals surface area contributed by atoms with Crippen molar-refractivity contribution in [3.63, 3.8) is 0 Å². The molecule has 4 heteroatoms. The van der Waals surface area contributed by atoms with Gasteiger partial charge in [-0.3, -0.25) is 4.79 Å². The zero-order chi connectivity index (χ0) is 24.1. The molecule has 1 aromatic heterocycles. The molecule has 0 radical (unpaired) electrons. The van der Waals surface area contributed by atoms with Crippen LogP contribution in [0.5, 0.6) is 5.75 Å². The quantitative estimate of drug-likeness (QED) is 0.460. The molecule has 176 valence electrons. The van der Waals surface area contributed by atoms with Gasteiger partial charge >= 0.3 is 5.97 Å². The summed E-state index contributed by atoms with van der Waals surface area (Å²) in [6.45, 7) is 9.88. The third-order valence-corrected chi connectivity index (χ3v) is 6.63. The van der Waals surface area contributed by atoms with Crippen LogP contribution >= 0.6 is 0 Å². The van der Waals surface area contributed by atoms with E-state index in [1.165, 1.54) is 29.5 Å². The summed E-state index contributed by atoms with van der Waals surface area (Å²) in [6.07, 6.45) is 7.12. The van der Waals surface area contributed by atoms with E-state index in [4.69, 9.17) is 9.84 Å². The topological polar surface area (TPSA) is 51.5 Å². The summed E-state index contributed by atoms with van der Waals surface area (Å²) in [5.41, 5.74) is 5.55. The van der Waals surface area contributed by atoms with Crippen molar-refractivity contribution in [3.8, 4) is 5.75 Å². The Bertz CT molecular complexity index is 1050. The standard InChI is InChI=1S/C24H30O3.C5H7N/c1-23(2)13-14-24(3,4)21-15-18(7-11-20(21)23)16-27-19-9-5-17(6-10-19)8-12-22(25)26;1-6-4-2-3-5-6/h5-7,9-11,15H,8,12-14,16H2,1-4H3,(H,25,26);2-5H,1H3. The summed E-state index contributed by atoms with van der Waals surface area (Å²) in [4.78, 5) is 10.7. The average Bonchev–Trinajstić information content (AvgIpc) is 3.26. The van der Waals surface area contributed by atoms with Gasteiger partial charge in [-0.05, 0) is 76.6 Å². The second-order valence-corrected chi connectivity index (χ2v) is 10.3. The zero-order valence-electron chi connectivity index (χ0n) is 20.6. The summed E-state index contributed by atoms with van der Waals surface area (Å²) >= 11 is 0. The maximum Gasteiger partial charge on any atom is 0.303 e. The third-order valence-electron chi connectivity index (χ3n) is 6.63. The van der Waals surface area contributed by atoms with Crippen LogP contribution in [-0.2, 0) is 35.7 Å². The molecule has 4 rings (SSSR count). The van der Waals surface area contributed by atoms with Gasteiger partial charge in [0, 0.05) is 25.9 Å².